The Hall–Kier alpha value is -0.610. The van der Waals surface area contributed by atoms with Gasteiger partial charge in [0.2, 0.25) is 0 Å². The minimum absolute atomic E-state index is 0.0123. The minimum atomic E-state index is -0.385. The predicted molar refractivity (Wildman–Crippen MR) is 72.2 cm³/mol. The number of aliphatic hydroxyl groups is 1. The molecule has 0 aromatic heterocycles. The molecule has 0 spiro atoms. The third-order valence-electron chi connectivity index (χ3n) is 2.75. The number of nitrogens with zero attached hydrogens (tertiary/aromatic N) is 1. The summed E-state index contributed by atoms with van der Waals surface area (Å²) in [4.78, 5) is 2.04. The van der Waals surface area contributed by atoms with Crippen molar-refractivity contribution in [2.45, 2.75) is 32.0 Å². The van der Waals surface area contributed by atoms with Crippen molar-refractivity contribution in [2.24, 2.45) is 5.73 Å². The fourth-order valence-electron chi connectivity index (χ4n) is 2.17. The summed E-state index contributed by atoms with van der Waals surface area (Å²) in [5, 5.41) is 10.2. The number of likely N-dealkylation sites (N-methyl/N-ethyl adjacent to an activating group) is 1. The summed E-state index contributed by atoms with van der Waals surface area (Å²) in [6, 6.07) is 7.65. The Morgan fingerprint density at radius 1 is 1.35 bits per heavy atom. The van der Waals surface area contributed by atoms with Gasteiger partial charge >= 0.3 is 0 Å². The molecule has 0 aliphatic carbocycles. The van der Waals surface area contributed by atoms with E-state index in [1.165, 1.54) is 0 Å². The zero-order chi connectivity index (χ0) is 13.0. The molecule has 3 unspecified atom stereocenters. The first kappa shape index (κ1) is 14.5. The van der Waals surface area contributed by atoms with Gasteiger partial charge in [-0.25, -0.2) is 0 Å². The number of nitrogens with two attached hydrogens (primary N) is 1. The zero-order valence-corrected chi connectivity index (χ0v) is 11.4. The molecule has 0 amide bonds. The molecule has 0 fully saturated rings. The van der Waals surface area contributed by atoms with Crippen LogP contribution in [0.4, 0.5) is 0 Å². The molecule has 17 heavy (non-hydrogen) atoms. The molecule has 0 bridgehead atoms. The average Bonchev–Trinajstić information content (AvgIpc) is 2.19. The van der Waals surface area contributed by atoms with Crippen LogP contribution >= 0.6 is 11.6 Å². The summed E-state index contributed by atoms with van der Waals surface area (Å²) in [5.41, 5.74) is 7.04. The maximum absolute atomic E-state index is 9.45. The number of rotatable bonds is 5. The average molecular weight is 257 g/mol. The topological polar surface area (TPSA) is 49.5 Å². The van der Waals surface area contributed by atoms with Crippen molar-refractivity contribution in [3.05, 3.63) is 34.9 Å². The lowest BCUT2D eigenvalue weighted by Crippen LogP contribution is -2.40. The molecule has 3 nitrogen and oxygen atoms in total. The van der Waals surface area contributed by atoms with Gasteiger partial charge in [-0.05, 0) is 32.5 Å². The lowest BCUT2D eigenvalue weighted by molar-refractivity contribution is 0.110. The van der Waals surface area contributed by atoms with Gasteiger partial charge in [0, 0.05) is 17.6 Å². The number of halogens is 1. The Labute approximate surface area is 108 Å². The van der Waals surface area contributed by atoms with Gasteiger partial charge in [-0.1, -0.05) is 29.8 Å². The summed E-state index contributed by atoms with van der Waals surface area (Å²) >= 11 is 6.20. The van der Waals surface area contributed by atoms with Gasteiger partial charge in [0.05, 0.1) is 12.1 Å². The minimum Gasteiger partial charge on any atom is -0.392 e. The van der Waals surface area contributed by atoms with E-state index in [4.69, 9.17) is 17.3 Å². The molecule has 0 saturated carbocycles. The second-order valence-corrected chi connectivity index (χ2v) is 5.02. The van der Waals surface area contributed by atoms with Gasteiger partial charge in [-0.3, -0.25) is 4.90 Å². The van der Waals surface area contributed by atoms with Crippen LogP contribution in [0.15, 0.2) is 24.3 Å². The van der Waals surface area contributed by atoms with Gasteiger partial charge in [0.15, 0.2) is 0 Å². The van der Waals surface area contributed by atoms with Crippen molar-refractivity contribution < 1.29 is 5.11 Å². The molecule has 3 atom stereocenters. The van der Waals surface area contributed by atoms with E-state index in [0.717, 1.165) is 5.56 Å². The van der Waals surface area contributed by atoms with Crippen LogP contribution in [-0.4, -0.2) is 35.7 Å². The van der Waals surface area contributed by atoms with E-state index in [-0.39, 0.29) is 18.2 Å². The highest BCUT2D eigenvalue weighted by molar-refractivity contribution is 6.31. The molecule has 3 N–H and O–H groups in total. The summed E-state index contributed by atoms with van der Waals surface area (Å²) in [7, 11) is 1.95. The summed E-state index contributed by atoms with van der Waals surface area (Å²) in [6.45, 7) is 4.28. The normalized spacial score (nSPS) is 16.9. The van der Waals surface area contributed by atoms with Gasteiger partial charge in [0.1, 0.15) is 0 Å². The first-order valence-corrected chi connectivity index (χ1v) is 6.19. The monoisotopic (exact) mass is 256 g/mol. The second kappa shape index (κ2) is 6.36. The lowest BCUT2D eigenvalue weighted by Gasteiger charge is -2.32. The zero-order valence-electron chi connectivity index (χ0n) is 10.6. The molecule has 1 aromatic rings. The molecule has 0 aliphatic heterocycles. The Morgan fingerprint density at radius 2 is 1.94 bits per heavy atom. The maximum Gasteiger partial charge on any atom is 0.0639 e. The van der Waals surface area contributed by atoms with Crippen molar-refractivity contribution in [2.75, 3.05) is 13.6 Å². The molecule has 0 saturated heterocycles. The Kier molecular flexibility index (Phi) is 5.40. The molecule has 0 radical (unpaired) electrons. The van der Waals surface area contributed by atoms with Crippen LogP contribution in [0.2, 0.25) is 5.02 Å². The SMILES string of the molecule is CC(O)CN(C)C(c1ccccc1Cl)C(C)N. The van der Waals surface area contributed by atoms with E-state index < -0.39 is 0 Å². The third kappa shape index (κ3) is 3.96. The van der Waals surface area contributed by atoms with Crippen LogP contribution in [0.25, 0.3) is 0 Å². The molecule has 0 aliphatic rings. The van der Waals surface area contributed by atoms with Crippen molar-refractivity contribution in [3.8, 4) is 0 Å². The Bertz CT molecular complexity index is 355. The standard InChI is InChI=1S/C13H21ClN2O/c1-9(17)8-16(3)13(10(2)15)11-6-4-5-7-12(11)14/h4-7,9-10,13,17H,8,15H2,1-3H3. The van der Waals surface area contributed by atoms with Crippen LogP contribution in [0, 0.1) is 0 Å². The van der Waals surface area contributed by atoms with E-state index in [2.05, 4.69) is 0 Å². The molecule has 0 heterocycles. The molecule has 4 heteroatoms. The number of aliphatic hydroxyl groups excluding tert-OH is 1. The lowest BCUT2D eigenvalue weighted by atomic mass is 9.99. The van der Waals surface area contributed by atoms with Crippen LogP contribution in [-0.2, 0) is 0 Å². The third-order valence-corrected chi connectivity index (χ3v) is 3.09. The smallest absolute Gasteiger partial charge is 0.0639 e. The van der Waals surface area contributed by atoms with E-state index in [0.29, 0.717) is 11.6 Å². The van der Waals surface area contributed by atoms with Crippen LogP contribution in [0.1, 0.15) is 25.5 Å². The van der Waals surface area contributed by atoms with Gasteiger partial charge in [0.25, 0.3) is 0 Å². The Balaban J connectivity index is 2.97. The summed E-state index contributed by atoms with van der Waals surface area (Å²) in [5.74, 6) is 0. The first-order valence-electron chi connectivity index (χ1n) is 5.81. The van der Waals surface area contributed by atoms with Gasteiger partial charge in [-0.15, -0.1) is 0 Å². The van der Waals surface area contributed by atoms with E-state index in [1.54, 1.807) is 6.92 Å². The van der Waals surface area contributed by atoms with E-state index in [9.17, 15) is 5.11 Å². The largest absolute Gasteiger partial charge is 0.392 e. The summed E-state index contributed by atoms with van der Waals surface area (Å²) in [6.07, 6.45) is -0.385. The molecular weight excluding hydrogens is 236 g/mol. The first-order chi connectivity index (χ1) is 7.93. The predicted octanol–water partition coefficient (Wildman–Crippen LogP) is 2.04. The number of hydrogen-bond acceptors (Lipinski definition) is 3. The van der Waals surface area contributed by atoms with Crippen molar-refractivity contribution in [1.82, 2.24) is 4.90 Å². The molecule has 96 valence electrons. The molecule has 1 rings (SSSR count). The molecule has 1 aromatic carbocycles. The van der Waals surface area contributed by atoms with Crippen LogP contribution in [0.5, 0.6) is 0 Å². The highest BCUT2D eigenvalue weighted by Gasteiger charge is 2.23. The maximum atomic E-state index is 9.45. The number of hydrogen-bond donors (Lipinski definition) is 2. The van der Waals surface area contributed by atoms with Crippen LogP contribution < -0.4 is 5.73 Å². The Morgan fingerprint density at radius 3 is 2.41 bits per heavy atom. The van der Waals surface area contributed by atoms with Gasteiger partial charge < -0.3 is 10.8 Å². The van der Waals surface area contributed by atoms with Crippen LogP contribution in [0.3, 0.4) is 0 Å². The van der Waals surface area contributed by atoms with E-state index >= 15 is 0 Å². The van der Waals surface area contributed by atoms with Gasteiger partial charge in [-0.2, -0.15) is 0 Å². The van der Waals surface area contributed by atoms with Crippen molar-refractivity contribution >= 4 is 11.6 Å². The quantitative estimate of drug-likeness (QED) is 0.848. The second-order valence-electron chi connectivity index (χ2n) is 4.61. The number of benzene rings is 1. The fraction of sp³-hybridized carbons (Fsp3) is 0.538. The van der Waals surface area contributed by atoms with Crippen molar-refractivity contribution in [3.63, 3.8) is 0 Å². The fourth-order valence-corrected chi connectivity index (χ4v) is 2.41. The summed E-state index contributed by atoms with van der Waals surface area (Å²) < 4.78 is 0. The highest BCUT2D eigenvalue weighted by Crippen LogP contribution is 2.28. The van der Waals surface area contributed by atoms with E-state index in [1.807, 2.05) is 43.1 Å². The van der Waals surface area contributed by atoms with Crippen molar-refractivity contribution in [1.29, 1.82) is 0 Å². The highest BCUT2D eigenvalue weighted by atomic mass is 35.5. The molecular formula is C13H21ClN2O.